The van der Waals surface area contributed by atoms with Crippen LogP contribution in [0.25, 0.3) is 0 Å². The van der Waals surface area contributed by atoms with Crippen molar-refractivity contribution in [3.05, 3.63) is 46.6 Å². The maximum atomic E-state index is 12.5. The average Bonchev–Trinajstić information content (AvgIpc) is 2.87. The fourth-order valence-electron chi connectivity index (χ4n) is 1.75. The quantitative estimate of drug-likeness (QED) is 0.708. The summed E-state index contributed by atoms with van der Waals surface area (Å²) in [6.45, 7) is 0.327. The van der Waals surface area contributed by atoms with Crippen molar-refractivity contribution >= 4 is 37.6 Å². The molecule has 0 amide bonds. The van der Waals surface area contributed by atoms with E-state index in [9.17, 15) is 8.42 Å². The van der Waals surface area contributed by atoms with Gasteiger partial charge in [-0.1, -0.05) is 6.07 Å². The van der Waals surface area contributed by atoms with Gasteiger partial charge in [0.15, 0.2) is 4.67 Å². The zero-order chi connectivity index (χ0) is 15.5. The molecule has 0 spiro atoms. The second-order valence-corrected chi connectivity index (χ2v) is 7.38. The monoisotopic (exact) mass is 392 g/mol. The second-order valence-electron chi connectivity index (χ2n) is 4.38. The number of alkyl halides is 1. The molecule has 0 aliphatic rings. The molecule has 21 heavy (non-hydrogen) atoms. The first kappa shape index (κ1) is 16.5. The molecule has 0 saturated heterocycles. The first-order valence-electron chi connectivity index (χ1n) is 6.15. The number of likely N-dealkylation sites (N-methyl/N-ethyl adjacent to an activating group) is 1. The van der Waals surface area contributed by atoms with Crippen LogP contribution in [0.1, 0.15) is 11.5 Å². The summed E-state index contributed by atoms with van der Waals surface area (Å²) in [5.41, 5.74) is 0.840. The molecule has 0 unspecified atom stereocenters. The molecule has 0 aromatic carbocycles. The van der Waals surface area contributed by atoms with E-state index in [2.05, 4.69) is 20.9 Å². The topological polar surface area (TPSA) is 63.4 Å². The fourth-order valence-corrected chi connectivity index (χ4v) is 4.01. The lowest BCUT2D eigenvalue weighted by atomic mass is 10.3. The fraction of sp³-hybridized carbons (Fsp3) is 0.308. The number of halogens is 2. The SMILES string of the molecule is CN(CCc1ccccn1)S(=O)(=O)c1cc(CCl)oc1Br. The van der Waals surface area contributed by atoms with Gasteiger partial charge < -0.3 is 4.42 Å². The van der Waals surface area contributed by atoms with Crippen LogP contribution >= 0.6 is 27.5 Å². The maximum absolute atomic E-state index is 12.5. The van der Waals surface area contributed by atoms with Gasteiger partial charge in [0.2, 0.25) is 10.0 Å². The van der Waals surface area contributed by atoms with Gasteiger partial charge in [-0.2, -0.15) is 0 Å². The van der Waals surface area contributed by atoms with Crippen molar-refractivity contribution in [3.8, 4) is 0 Å². The molecule has 8 heteroatoms. The molecule has 2 aromatic heterocycles. The molecule has 0 aliphatic carbocycles. The van der Waals surface area contributed by atoms with Gasteiger partial charge >= 0.3 is 0 Å². The second kappa shape index (κ2) is 6.91. The van der Waals surface area contributed by atoms with Crippen LogP contribution in [0, 0.1) is 0 Å². The minimum absolute atomic E-state index is 0.0849. The summed E-state index contributed by atoms with van der Waals surface area (Å²) in [4.78, 5) is 4.26. The molecule has 2 heterocycles. The third-order valence-corrected chi connectivity index (χ3v) is 5.91. The van der Waals surface area contributed by atoms with Gasteiger partial charge in [-0.05, 0) is 28.1 Å². The highest BCUT2D eigenvalue weighted by molar-refractivity contribution is 9.10. The third kappa shape index (κ3) is 3.85. The van der Waals surface area contributed by atoms with E-state index in [1.807, 2.05) is 18.2 Å². The molecule has 0 atom stereocenters. The summed E-state index contributed by atoms with van der Waals surface area (Å²) < 4.78 is 31.6. The van der Waals surface area contributed by atoms with Gasteiger partial charge in [0.1, 0.15) is 10.7 Å². The van der Waals surface area contributed by atoms with Crippen molar-refractivity contribution in [3.63, 3.8) is 0 Å². The molecule has 0 aliphatic heterocycles. The Morgan fingerprint density at radius 1 is 1.43 bits per heavy atom. The van der Waals surface area contributed by atoms with Crippen LogP contribution in [0.5, 0.6) is 0 Å². The van der Waals surface area contributed by atoms with Crippen LogP contribution in [0.15, 0.2) is 44.4 Å². The first-order chi connectivity index (χ1) is 9.95. The lowest BCUT2D eigenvalue weighted by Gasteiger charge is -2.15. The maximum Gasteiger partial charge on any atom is 0.247 e. The summed E-state index contributed by atoms with van der Waals surface area (Å²) in [5.74, 6) is 0.520. The van der Waals surface area contributed by atoms with E-state index in [0.29, 0.717) is 18.7 Å². The molecule has 0 N–H and O–H groups in total. The summed E-state index contributed by atoms with van der Waals surface area (Å²) in [5, 5.41) is 0. The lowest BCUT2D eigenvalue weighted by molar-refractivity contribution is 0.464. The minimum Gasteiger partial charge on any atom is -0.452 e. The van der Waals surface area contributed by atoms with Crippen LogP contribution in [0.4, 0.5) is 0 Å². The molecule has 2 aromatic rings. The number of hydrogen-bond acceptors (Lipinski definition) is 4. The summed E-state index contributed by atoms with van der Waals surface area (Å²) in [7, 11) is -2.10. The zero-order valence-electron chi connectivity index (χ0n) is 11.3. The first-order valence-corrected chi connectivity index (χ1v) is 8.92. The molecule has 0 fully saturated rings. The highest BCUT2D eigenvalue weighted by atomic mass is 79.9. The molecular formula is C13H14BrClN2O3S. The van der Waals surface area contributed by atoms with Crippen LogP contribution in [-0.4, -0.2) is 31.3 Å². The van der Waals surface area contributed by atoms with E-state index in [1.165, 1.54) is 17.4 Å². The van der Waals surface area contributed by atoms with E-state index >= 15 is 0 Å². The minimum atomic E-state index is -3.62. The largest absolute Gasteiger partial charge is 0.452 e. The Kier molecular flexibility index (Phi) is 5.43. The van der Waals surface area contributed by atoms with Gasteiger partial charge in [-0.25, -0.2) is 12.7 Å². The Morgan fingerprint density at radius 3 is 2.76 bits per heavy atom. The molecule has 0 radical (unpaired) electrons. The lowest BCUT2D eigenvalue weighted by Crippen LogP contribution is -2.29. The van der Waals surface area contributed by atoms with Gasteiger partial charge in [-0.15, -0.1) is 11.6 Å². The van der Waals surface area contributed by atoms with Crippen molar-refractivity contribution in [2.75, 3.05) is 13.6 Å². The van der Waals surface area contributed by atoms with Gasteiger partial charge in [0, 0.05) is 38.0 Å². The smallest absolute Gasteiger partial charge is 0.247 e. The van der Waals surface area contributed by atoms with E-state index in [-0.39, 0.29) is 15.4 Å². The number of pyridine rings is 1. The van der Waals surface area contributed by atoms with Gasteiger partial charge in [-0.3, -0.25) is 4.98 Å². The van der Waals surface area contributed by atoms with Gasteiger partial charge in [0.05, 0.1) is 5.88 Å². The van der Waals surface area contributed by atoms with Crippen molar-refractivity contribution in [2.24, 2.45) is 0 Å². The molecular weight excluding hydrogens is 380 g/mol. The van der Waals surface area contributed by atoms with Crippen LogP contribution in [0.3, 0.4) is 0 Å². The van der Waals surface area contributed by atoms with E-state index in [4.69, 9.17) is 16.0 Å². The zero-order valence-corrected chi connectivity index (χ0v) is 14.4. The van der Waals surface area contributed by atoms with Crippen molar-refractivity contribution in [1.29, 1.82) is 0 Å². The number of sulfonamides is 1. The van der Waals surface area contributed by atoms with Crippen LogP contribution in [-0.2, 0) is 22.3 Å². The number of hydrogen-bond donors (Lipinski definition) is 0. The molecule has 0 saturated carbocycles. The average molecular weight is 394 g/mol. The van der Waals surface area contributed by atoms with Crippen molar-refractivity contribution in [1.82, 2.24) is 9.29 Å². The number of aromatic nitrogens is 1. The van der Waals surface area contributed by atoms with Crippen molar-refractivity contribution in [2.45, 2.75) is 17.2 Å². The standard InChI is InChI=1S/C13H14BrClN2O3S/c1-17(7-5-10-4-2-3-6-16-10)21(18,19)12-8-11(9-15)20-13(12)14/h2-4,6,8H,5,7,9H2,1H3. The van der Waals surface area contributed by atoms with Crippen molar-refractivity contribution < 1.29 is 12.8 Å². The van der Waals surface area contributed by atoms with Crippen LogP contribution < -0.4 is 0 Å². The predicted molar refractivity (Wildman–Crippen MR) is 83.7 cm³/mol. The number of rotatable bonds is 6. The normalized spacial score (nSPS) is 12.0. The molecule has 0 bridgehead atoms. The molecule has 5 nitrogen and oxygen atoms in total. The summed E-state index contributed by atoms with van der Waals surface area (Å²) in [6, 6.07) is 6.99. The molecule has 2 rings (SSSR count). The van der Waals surface area contributed by atoms with Crippen LogP contribution in [0.2, 0.25) is 0 Å². The Balaban J connectivity index is 2.13. The Morgan fingerprint density at radius 2 is 2.19 bits per heavy atom. The molecule has 114 valence electrons. The summed E-state index contributed by atoms with van der Waals surface area (Å²) in [6.07, 6.45) is 2.22. The number of furan rings is 1. The van der Waals surface area contributed by atoms with Gasteiger partial charge in [0.25, 0.3) is 0 Å². The van der Waals surface area contributed by atoms with E-state index in [0.717, 1.165) is 5.69 Å². The highest BCUT2D eigenvalue weighted by Crippen LogP contribution is 2.29. The third-order valence-electron chi connectivity index (χ3n) is 2.94. The highest BCUT2D eigenvalue weighted by Gasteiger charge is 2.26. The predicted octanol–water partition coefficient (Wildman–Crippen LogP) is 3.04. The van der Waals surface area contributed by atoms with E-state index < -0.39 is 10.0 Å². The Hall–Kier alpha value is -0.890. The van der Waals surface area contributed by atoms with E-state index in [1.54, 1.807) is 6.20 Å². The summed E-state index contributed by atoms with van der Waals surface area (Å²) >= 11 is 8.77. The Bertz CT molecular complexity index is 703. The number of nitrogens with zero attached hydrogens (tertiary/aromatic N) is 2. The Labute approximate surface area is 137 Å².